The van der Waals surface area contributed by atoms with Crippen LogP contribution in [0.5, 0.6) is 0 Å². The normalized spacial score (nSPS) is 10.9. The number of carboxylic acids is 1. The number of nitrogens with one attached hydrogen (secondary N) is 1. The van der Waals surface area contributed by atoms with Crippen molar-refractivity contribution in [1.82, 2.24) is 0 Å². The molecule has 0 unspecified atom stereocenters. The molecule has 0 atom stereocenters. The number of aliphatic hydroxyl groups excluding tert-OH is 1. The Morgan fingerprint density at radius 3 is 2.42 bits per heavy atom. The van der Waals surface area contributed by atoms with Crippen LogP contribution in [-0.2, 0) is 11.3 Å². The van der Waals surface area contributed by atoms with Crippen LogP contribution in [-0.4, -0.2) is 27.9 Å². The van der Waals surface area contributed by atoms with Gasteiger partial charge in [-0.25, -0.2) is 9.59 Å². The molecule has 19 heavy (non-hydrogen) atoms. The predicted molar refractivity (Wildman–Crippen MR) is 69.2 cm³/mol. The number of hydrogen-bond acceptors (Lipinski definition) is 4. The number of carbonyl (C=O) groups is 2. The summed E-state index contributed by atoms with van der Waals surface area (Å²) in [6, 6.07) is 4.07. The molecule has 0 saturated heterocycles. The van der Waals surface area contributed by atoms with E-state index in [1.807, 2.05) is 0 Å². The van der Waals surface area contributed by atoms with Gasteiger partial charge in [-0.3, -0.25) is 5.32 Å². The summed E-state index contributed by atoms with van der Waals surface area (Å²) < 4.78 is 5.06. The summed E-state index contributed by atoms with van der Waals surface area (Å²) in [6.07, 6.45) is -0.704. The van der Waals surface area contributed by atoms with E-state index in [-0.39, 0.29) is 17.9 Å². The SMILES string of the molecule is CC(C)(C)OC(=O)Nc1cc(C(=O)O)ccc1CO. The van der Waals surface area contributed by atoms with Gasteiger partial charge in [0, 0.05) is 5.56 Å². The quantitative estimate of drug-likeness (QED) is 0.780. The summed E-state index contributed by atoms with van der Waals surface area (Å²) in [5.41, 5.74) is -0.0100. The van der Waals surface area contributed by atoms with Crippen molar-refractivity contribution in [3.8, 4) is 0 Å². The van der Waals surface area contributed by atoms with Gasteiger partial charge in [0.05, 0.1) is 17.9 Å². The van der Waals surface area contributed by atoms with Gasteiger partial charge in [-0.05, 0) is 32.9 Å². The van der Waals surface area contributed by atoms with Crippen molar-refractivity contribution < 1.29 is 24.5 Å². The minimum Gasteiger partial charge on any atom is -0.478 e. The Balaban J connectivity index is 2.95. The number of aromatic carboxylic acids is 1. The van der Waals surface area contributed by atoms with Crippen molar-refractivity contribution in [2.24, 2.45) is 0 Å². The summed E-state index contributed by atoms with van der Waals surface area (Å²) in [7, 11) is 0. The van der Waals surface area contributed by atoms with Crippen LogP contribution in [0.1, 0.15) is 36.7 Å². The van der Waals surface area contributed by atoms with Crippen LogP contribution in [0.25, 0.3) is 0 Å². The fourth-order valence-corrected chi connectivity index (χ4v) is 1.38. The second-order valence-electron chi connectivity index (χ2n) is 4.96. The molecule has 0 aromatic heterocycles. The number of aliphatic hydroxyl groups is 1. The van der Waals surface area contributed by atoms with Gasteiger partial charge < -0.3 is 14.9 Å². The van der Waals surface area contributed by atoms with Crippen molar-refractivity contribution in [1.29, 1.82) is 0 Å². The van der Waals surface area contributed by atoms with E-state index in [9.17, 15) is 9.59 Å². The molecule has 1 rings (SSSR count). The molecular formula is C13H17NO5. The van der Waals surface area contributed by atoms with E-state index in [1.54, 1.807) is 20.8 Å². The van der Waals surface area contributed by atoms with Crippen LogP contribution < -0.4 is 5.32 Å². The van der Waals surface area contributed by atoms with Gasteiger partial charge in [-0.1, -0.05) is 6.07 Å². The number of carboxylic acid groups (broad SMARTS) is 1. The van der Waals surface area contributed by atoms with Crippen LogP contribution >= 0.6 is 0 Å². The molecule has 104 valence electrons. The van der Waals surface area contributed by atoms with Crippen LogP contribution in [0.4, 0.5) is 10.5 Å². The number of ether oxygens (including phenoxy) is 1. The molecule has 0 aliphatic rings. The van der Waals surface area contributed by atoms with E-state index >= 15 is 0 Å². The maximum Gasteiger partial charge on any atom is 0.412 e. The highest BCUT2D eigenvalue weighted by Gasteiger charge is 2.17. The van der Waals surface area contributed by atoms with Crippen LogP contribution in [0.3, 0.4) is 0 Å². The van der Waals surface area contributed by atoms with E-state index in [4.69, 9.17) is 14.9 Å². The van der Waals surface area contributed by atoms with Crippen molar-refractivity contribution in [3.05, 3.63) is 29.3 Å². The summed E-state index contributed by atoms with van der Waals surface area (Å²) in [5.74, 6) is -1.11. The van der Waals surface area contributed by atoms with Gasteiger partial charge in [0.2, 0.25) is 0 Å². The molecule has 0 bridgehead atoms. The Kier molecular flexibility index (Phi) is 4.50. The first kappa shape index (κ1) is 15.0. The molecule has 0 spiro atoms. The van der Waals surface area contributed by atoms with Gasteiger partial charge in [0.25, 0.3) is 0 Å². The summed E-state index contributed by atoms with van der Waals surface area (Å²) in [6.45, 7) is 4.83. The molecule has 0 aliphatic carbocycles. The Morgan fingerprint density at radius 2 is 1.95 bits per heavy atom. The molecule has 0 radical (unpaired) electrons. The van der Waals surface area contributed by atoms with Gasteiger partial charge in [-0.15, -0.1) is 0 Å². The summed E-state index contributed by atoms with van der Waals surface area (Å²) >= 11 is 0. The Labute approximate surface area is 111 Å². The first-order chi connectivity index (χ1) is 8.73. The zero-order valence-electron chi connectivity index (χ0n) is 11.1. The minimum atomic E-state index is -1.11. The molecule has 1 aromatic rings. The van der Waals surface area contributed by atoms with E-state index in [1.165, 1.54) is 18.2 Å². The predicted octanol–water partition coefficient (Wildman–Crippen LogP) is 2.22. The highest BCUT2D eigenvalue weighted by molar-refractivity contribution is 5.92. The standard InChI is InChI=1S/C13H17NO5/c1-13(2,3)19-12(18)14-10-6-8(11(16)17)4-5-9(10)7-15/h4-6,15H,7H2,1-3H3,(H,14,18)(H,16,17). The second-order valence-corrected chi connectivity index (χ2v) is 4.96. The lowest BCUT2D eigenvalue weighted by molar-refractivity contribution is 0.0632. The van der Waals surface area contributed by atoms with Crippen LogP contribution in [0.2, 0.25) is 0 Å². The third-order valence-electron chi connectivity index (χ3n) is 2.16. The molecule has 0 saturated carbocycles. The Bertz CT molecular complexity index is 490. The molecule has 6 nitrogen and oxygen atoms in total. The number of benzene rings is 1. The maximum atomic E-state index is 11.6. The Morgan fingerprint density at radius 1 is 1.32 bits per heavy atom. The van der Waals surface area contributed by atoms with Crippen molar-refractivity contribution in [3.63, 3.8) is 0 Å². The fourth-order valence-electron chi connectivity index (χ4n) is 1.38. The number of rotatable bonds is 3. The molecular weight excluding hydrogens is 250 g/mol. The van der Waals surface area contributed by atoms with Crippen LogP contribution in [0, 0.1) is 0 Å². The first-order valence-corrected chi connectivity index (χ1v) is 5.70. The molecule has 0 heterocycles. The van der Waals surface area contributed by atoms with Gasteiger partial charge in [0.15, 0.2) is 0 Å². The van der Waals surface area contributed by atoms with Crippen LogP contribution in [0.15, 0.2) is 18.2 Å². The molecule has 0 fully saturated rings. The number of carbonyl (C=O) groups excluding carboxylic acids is 1. The van der Waals surface area contributed by atoms with E-state index in [0.717, 1.165) is 0 Å². The smallest absolute Gasteiger partial charge is 0.412 e. The molecule has 1 aromatic carbocycles. The van der Waals surface area contributed by atoms with Crippen molar-refractivity contribution in [2.45, 2.75) is 33.0 Å². The highest BCUT2D eigenvalue weighted by atomic mass is 16.6. The fraction of sp³-hybridized carbons (Fsp3) is 0.385. The second kappa shape index (κ2) is 5.71. The third-order valence-corrected chi connectivity index (χ3v) is 2.16. The topological polar surface area (TPSA) is 95.9 Å². The third kappa shape index (κ3) is 4.59. The van der Waals surface area contributed by atoms with E-state index in [0.29, 0.717) is 5.56 Å². The zero-order valence-corrected chi connectivity index (χ0v) is 11.1. The zero-order chi connectivity index (χ0) is 14.6. The number of amides is 1. The average Bonchev–Trinajstić information content (AvgIpc) is 2.26. The molecule has 3 N–H and O–H groups in total. The van der Waals surface area contributed by atoms with Gasteiger partial charge in [-0.2, -0.15) is 0 Å². The maximum absolute atomic E-state index is 11.6. The average molecular weight is 267 g/mol. The van der Waals surface area contributed by atoms with Crippen molar-refractivity contribution in [2.75, 3.05) is 5.32 Å². The summed E-state index contributed by atoms with van der Waals surface area (Å²) in [4.78, 5) is 22.5. The van der Waals surface area contributed by atoms with Crippen molar-refractivity contribution >= 4 is 17.7 Å². The lowest BCUT2D eigenvalue weighted by Crippen LogP contribution is -2.27. The first-order valence-electron chi connectivity index (χ1n) is 5.70. The largest absolute Gasteiger partial charge is 0.478 e. The number of hydrogen-bond donors (Lipinski definition) is 3. The lowest BCUT2D eigenvalue weighted by atomic mass is 10.1. The Hall–Kier alpha value is -2.08. The van der Waals surface area contributed by atoms with E-state index in [2.05, 4.69) is 5.32 Å². The lowest BCUT2D eigenvalue weighted by Gasteiger charge is -2.20. The highest BCUT2D eigenvalue weighted by Crippen LogP contribution is 2.19. The monoisotopic (exact) mass is 267 g/mol. The molecule has 0 aliphatic heterocycles. The van der Waals surface area contributed by atoms with Gasteiger partial charge >= 0.3 is 12.1 Å². The number of anilines is 1. The van der Waals surface area contributed by atoms with E-state index < -0.39 is 17.7 Å². The molecule has 6 heteroatoms. The minimum absolute atomic E-state index is 0.0169. The molecule has 1 amide bonds. The van der Waals surface area contributed by atoms with Gasteiger partial charge in [0.1, 0.15) is 5.60 Å². The summed E-state index contributed by atoms with van der Waals surface area (Å²) in [5, 5.41) is 20.5.